The van der Waals surface area contributed by atoms with Gasteiger partial charge in [-0.2, -0.15) is 0 Å². The number of aromatic carboxylic acids is 2. The predicted molar refractivity (Wildman–Crippen MR) is 91.1 cm³/mol. The van der Waals surface area contributed by atoms with Crippen LogP contribution in [0.25, 0.3) is 22.3 Å². The smallest absolute Gasteiger partial charge is 0.336 e. The van der Waals surface area contributed by atoms with E-state index in [9.17, 15) is 28.6 Å². The van der Waals surface area contributed by atoms with E-state index < -0.39 is 23.6 Å². The summed E-state index contributed by atoms with van der Waals surface area (Å²) in [6.07, 6.45) is 0. The fourth-order valence-electron chi connectivity index (χ4n) is 2.69. The summed E-state index contributed by atoms with van der Waals surface area (Å²) in [6.45, 7) is 0. The van der Waals surface area contributed by atoms with Crippen LogP contribution < -0.4 is 0 Å². The van der Waals surface area contributed by atoms with E-state index in [1.54, 1.807) is 0 Å². The highest BCUT2D eigenvalue weighted by molar-refractivity contribution is 6.04. The van der Waals surface area contributed by atoms with Crippen LogP contribution in [0.4, 0.5) is 8.78 Å². The summed E-state index contributed by atoms with van der Waals surface area (Å²) in [5.74, 6) is -3.58. The molecule has 0 aliphatic rings. The second kappa shape index (κ2) is 6.76. The highest BCUT2D eigenvalue weighted by Gasteiger charge is 2.20. The monoisotopic (exact) mass is 354 g/mol. The summed E-state index contributed by atoms with van der Waals surface area (Å²) in [5, 5.41) is 18.9. The van der Waals surface area contributed by atoms with Crippen LogP contribution in [-0.2, 0) is 0 Å². The molecule has 0 radical (unpaired) electrons. The first-order chi connectivity index (χ1) is 12.4. The van der Waals surface area contributed by atoms with Crippen LogP contribution in [0.3, 0.4) is 0 Å². The van der Waals surface area contributed by atoms with Crippen molar-refractivity contribution in [3.63, 3.8) is 0 Å². The maximum atomic E-state index is 13.2. The lowest BCUT2D eigenvalue weighted by molar-refractivity contribution is 0.0696. The van der Waals surface area contributed by atoms with Gasteiger partial charge in [0.1, 0.15) is 11.6 Å². The van der Waals surface area contributed by atoms with E-state index in [0.29, 0.717) is 11.1 Å². The van der Waals surface area contributed by atoms with Crippen molar-refractivity contribution in [2.75, 3.05) is 0 Å². The molecule has 0 spiro atoms. The van der Waals surface area contributed by atoms with Gasteiger partial charge in [-0.05, 0) is 58.7 Å². The SMILES string of the molecule is O=C(O)c1cc(C(=O)O)c(-c2ccc(F)cc2)cc1-c1ccc(F)cc1. The molecule has 6 heteroatoms. The number of hydrogen-bond acceptors (Lipinski definition) is 2. The quantitative estimate of drug-likeness (QED) is 0.712. The minimum Gasteiger partial charge on any atom is -0.478 e. The largest absolute Gasteiger partial charge is 0.478 e. The fraction of sp³-hybridized carbons (Fsp3) is 0. The molecule has 0 fully saturated rings. The molecular weight excluding hydrogens is 342 g/mol. The lowest BCUT2D eigenvalue weighted by Gasteiger charge is -2.13. The summed E-state index contributed by atoms with van der Waals surface area (Å²) >= 11 is 0. The molecule has 0 amide bonds. The molecule has 3 aromatic carbocycles. The lowest BCUT2D eigenvalue weighted by Crippen LogP contribution is -2.07. The van der Waals surface area contributed by atoms with Gasteiger partial charge in [-0.15, -0.1) is 0 Å². The highest BCUT2D eigenvalue weighted by atomic mass is 19.1. The van der Waals surface area contributed by atoms with Gasteiger partial charge in [-0.25, -0.2) is 18.4 Å². The molecule has 4 nitrogen and oxygen atoms in total. The van der Waals surface area contributed by atoms with Gasteiger partial charge >= 0.3 is 11.9 Å². The molecule has 0 aliphatic heterocycles. The number of hydrogen-bond donors (Lipinski definition) is 2. The fourth-order valence-corrected chi connectivity index (χ4v) is 2.69. The van der Waals surface area contributed by atoms with Gasteiger partial charge in [-0.3, -0.25) is 0 Å². The van der Waals surface area contributed by atoms with Crippen LogP contribution in [0.5, 0.6) is 0 Å². The van der Waals surface area contributed by atoms with E-state index in [-0.39, 0.29) is 22.3 Å². The predicted octanol–water partition coefficient (Wildman–Crippen LogP) is 4.70. The third-order valence-corrected chi connectivity index (χ3v) is 3.93. The molecule has 0 aromatic heterocycles. The van der Waals surface area contributed by atoms with E-state index in [2.05, 4.69) is 0 Å². The van der Waals surface area contributed by atoms with Gasteiger partial charge in [0.05, 0.1) is 11.1 Å². The molecule has 130 valence electrons. The maximum absolute atomic E-state index is 13.2. The molecule has 0 aliphatic carbocycles. The van der Waals surface area contributed by atoms with Gasteiger partial charge in [0, 0.05) is 0 Å². The van der Waals surface area contributed by atoms with E-state index in [1.165, 1.54) is 54.6 Å². The Balaban J connectivity index is 2.31. The molecule has 0 bridgehead atoms. The average molecular weight is 354 g/mol. The Morgan fingerprint density at radius 1 is 0.615 bits per heavy atom. The van der Waals surface area contributed by atoms with E-state index >= 15 is 0 Å². The molecular formula is C20H12F2O4. The summed E-state index contributed by atoms with van der Waals surface area (Å²) in [5.41, 5.74) is 0.872. The van der Waals surface area contributed by atoms with Crippen molar-refractivity contribution in [2.45, 2.75) is 0 Å². The number of benzene rings is 3. The first kappa shape index (κ1) is 17.3. The number of halogens is 2. The number of carboxylic acids is 2. The standard InChI is InChI=1S/C20H12F2O4/c21-13-5-1-11(2-6-13)15-9-16(12-3-7-14(22)8-4-12)18(20(25)26)10-17(15)19(23)24/h1-10H,(H,23,24)(H,25,26). The van der Waals surface area contributed by atoms with Crippen molar-refractivity contribution in [1.29, 1.82) is 0 Å². The Kier molecular flexibility index (Phi) is 4.49. The minimum absolute atomic E-state index is 0.222. The zero-order chi connectivity index (χ0) is 18.8. The van der Waals surface area contributed by atoms with E-state index in [4.69, 9.17) is 0 Å². The van der Waals surface area contributed by atoms with Crippen LogP contribution in [0, 0.1) is 11.6 Å². The van der Waals surface area contributed by atoms with Crippen LogP contribution in [0.1, 0.15) is 20.7 Å². The van der Waals surface area contributed by atoms with Crippen molar-refractivity contribution >= 4 is 11.9 Å². The number of carbonyl (C=O) groups is 2. The Labute approximate surface area is 147 Å². The lowest BCUT2D eigenvalue weighted by atomic mass is 9.90. The van der Waals surface area contributed by atoms with Crippen LogP contribution >= 0.6 is 0 Å². The Morgan fingerprint density at radius 3 is 1.27 bits per heavy atom. The first-order valence-electron chi connectivity index (χ1n) is 7.53. The highest BCUT2D eigenvalue weighted by Crippen LogP contribution is 2.33. The summed E-state index contributed by atoms with van der Waals surface area (Å²) in [4.78, 5) is 23.2. The zero-order valence-electron chi connectivity index (χ0n) is 13.2. The van der Waals surface area contributed by atoms with E-state index in [1.807, 2.05) is 0 Å². The molecule has 2 N–H and O–H groups in total. The van der Waals surface area contributed by atoms with Gasteiger partial charge < -0.3 is 10.2 Å². The first-order valence-corrected chi connectivity index (χ1v) is 7.53. The maximum Gasteiger partial charge on any atom is 0.336 e. The molecule has 3 aromatic rings. The Hall–Kier alpha value is -3.54. The average Bonchev–Trinajstić information content (AvgIpc) is 2.62. The molecule has 26 heavy (non-hydrogen) atoms. The third-order valence-electron chi connectivity index (χ3n) is 3.93. The number of rotatable bonds is 4. The second-order valence-corrected chi connectivity index (χ2v) is 5.57. The Morgan fingerprint density at radius 2 is 0.962 bits per heavy atom. The zero-order valence-corrected chi connectivity index (χ0v) is 13.2. The normalized spacial score (nSPS) is 10.5. The third kappa shape index (κ3) is 3.30. The molecule has 0 saturated heterocycles. The van der Waals surface area contributed by atoms with Crippen molar-refractivity contribution < 1.29 is 28.6 Å². The molecule has 0 atom stereocenters. The van der Waals surface area contributed by atoms with Gasteiger partial charge in [0.2, 0.25) is 0 Å². The van der Waals surface area contributed by atoms with E-state index in [0.717, 1.165) is 6.07 Å². The summed E-state index contributed by atoms with van der Waals surface area (Å²) in [6, 6.07) is 12.8. The minimum atomic E-state index is -1.31. The summed E-state index contributed by atoms with van der Waals surface area (Å²) < 4.78 is 26.4. The molecule has 0 saturated carbocycles. The van der Waals surface area contributed by atoms with Crippen LogP contribution in [0.15, 0.2) is 60.7 Å². The van der Waals surface area contributed by atoms with Crippen LogP contribution in [-0.4, -0.2) is 22.2 Å². The van der Waals surface area contributed by atoms with Crippen molar-refractivity contribution in [3.05, 3.63) is 83.4 Å². The molecule has 3 rings (SSSR count). The molecule has 0 unspecified atom stereocenters. The van der Waals surface area contributed by atoms with Gasteiger partial charge in [-0.1, -0.05) is 24.3 Å². The summed E-state index contributed by atoms with van der Waals surface area (Å²) in [7, 11) is 0. The van der Waals surface area contributed by atoms with Gasteiger partial charge in [0.15, 0.2) is 0 Å². The van der Waals surface area contributed by atoms with Crippen LogP contribution in [0.2, 0.25) is 0 Å². The van der Waals surface area contributed by atoms with Crippen molar-refractivity contribution in [1.82, 2.24) is 0 Å². The van der Waals surface area contributed by atoms with Crippen molar-refractivity contribution in [2.24, 2.45) is 0 Å². The Bertz CT molecular complexity index is 915. The second-order valence-electron chi connectivity index (χ2n) is 5.57. The topological polar surface area (TPSA) is 74.6 Å². The van der Waals surface area contributed by atoms with Crippen molar-refractivity contribution in [3.8, 4) is 22.3 Å². The number of carboxylic acid groups (broad SMARTS) is 2. The van der Waals surface area contributed by atoms with Gasteiger partial charge in [0.25, 0.3) is 0 Å². The molecule has 0 heterocycles.